The quantitative estimate of drug-likeness (QED) is 0.494. The van der Waals surface area contributed by atoms with E-state index in [0.29, 0.717) is 25.4 Å². The van der Waals surface area contributed by atoms with Gasteiger partial charge in [0.2, 0.25) is 10.0 Å². The highest BCUT2D eigenvalue weighted by molar-refractivity contribution is 7.89. The lowest BCUT2D eigenvalue weighted by Crippen LogP contribution is -2.61. The summed E-state index contributed by atoms with van der Waals surface area (Å²) in [7, 11) is -3.50. The van der Waals surface area contributed by atoms with Crippen molar-refractivity contribution in [2.75, 3.05) is 32.8 Å². The Morgan fingerprint density at radius 2 is 1.92 bits per heavy atom. The van der Waals surface area contributed by atoms with Gasteiger partial charge in [0, 0.05) is 38.3 Å². The Balaban J connectivity index is 1.08. The molecular formula is C25H29N5O5S. The van der Waals surface area contributed by atoms with Crippen LogP contribution in [0.3, 0.4) is 0 Å². The molecule has 0 aliphatic carbocycles. The highest BCUT2D eigenvalue weighted by atomic mass is 32.2. The minimum atomic E-state index is -3.50. The van der Waals surface area contributed by atoms with E-state index in [2.05, 4.69) is 15.2 Å². The predicted molar refractivity (Wildman–Crippen MR) is 133 cm³/mol. The van der Waals surface area contributed by atoms with E-state index >= 15 is 0 Å². The Kier molecular flexibility index (Phi) is 7.19. The topological polar surface area (TPSA) is 118 Å². The third kappa shape index (κ3) is 5.52. The standard InChI is InChI=1S/C25H29N5O5S/c31-25(35-17-19-5-2-1-3-6-19)29-15-22(16-29)36(32,33)30-12-4-7-20(14-30)18-34-21-8-9-23(26-13-21)24-10-11-27-28-24/h1-3,5-6,8-11,13,20,22H,4,7,12,14-18H2,(H,27,28)/t20-/m1/s1. The summed E-state index contributed by atoms with van der Waals surface area (Å²) < 4.78 is 39.1. The Labute approximate surface area is 210 Å². The second kappa shape index (κ2) is 10.7. The van der Waals surface area contributed by atoms with Crippen LogP contribution in [0.15, 0.2) is 60.9 Å². The van der Waals surface area contributed by atoms with Crippen molar-refractivity contribution in [3.8, 4) is 17.1 Å². The zero-order chi connectivity index (χ0) is 25.0. The van der Waals surface area contributed by atoms with Gasteiger partial charge in [-0.1, -0.05) is 30.3 Å². The molecule has 2 fully saturated rings. The number of carbonyl (C=O) groups is 1. The van der Waals surface area contributed by atoms with E-state index in [1.807, 2.05) is 48.5 Å². The van der Waals surface area contributed by atoms with Crippen molar-refractivity contribution in [1.29, 1.82) is 0 Å². The molecule has 0 saturated carbocycles. The lowest BCUT2D eigenvalue weighted by molar-refractivity contribution is 0.0755. The third-order valence-corrected chi connectivity index (χ3v) is 8.77. The number of pyridine rings is 1. The van der Waals surface area contributed by atoms with Crippen LogP contribution in [0.1, 0.15) is 18.4 Å². The first-order valence-electron chi connectivity index (χ1n) is 12.0. The van der Waals surface area contributed by atoms with Crippen LogP contribution in [0.25, 0.3) is 11.4 Å². The monoisotopic (exact) mass is 511 g/mol. The van der Waals surface area contributed by atoms with Crippen LogP contribution in [-0.2, 0) is 21.4 Å². The highest BCUT2D eigenvalue weighted by Crippen LogP contribution is 2.27. The molecule has 2 aliphatic rings. The van der Waals surface area contributed by atoms with Gasteiger partial charge in [0.05, 0.1) is 24.2 Å². The van der Waals surface area contributed by atoms with Crippen LogP contribution in [0.4, 0.5) is 4.79 Å². The second-order valence-corrected chi connectivity index (χ2v) is 11.4. The fraction of sp³-hybridized carbons (Fsp3) is 0.400. The molecule has 11 heteroatoms. The number of benzene rings is 1. The molecule has 0 bridgehead atoms. The number of amides is 1. The highest BCUT2D eigenvalue weighted by Gasteiger charge is 2.44. The van der Waals surface area contributed by atoms with E-state index in [1.54, 1.807) is 16.7 Å². The molecule has 0 spiro atoms. The number of hydrogen-bond donors (Lipinski definition) is 1. The summed E-state index contributed by atoms with van der Waals surface area (Å²) in [6.45, 7) is 1.80. The Hall–Kier alpha value is -3.44. The van der Waals surface area contributed by atoms with Gasteiger partial charge in [0.15, 0.2) is 0 Å². The van der Waals surface area contributed by atoms with Gasteiger partial charge in [-0.05, 0) is 36.6 Å². The summed E-state index contributed by atoms with van der Waals surface area (Å²) in [4.78, 5) is 18.1. The molecular weight excluding hydrogens is 482 g/mol. The van der Waals surface area contributed by atoms with Crippen molar-refractivity contribution in [3.05, 3.63) is 66.5 Å². The predicted octanol–water partition coefficient (Wildman–Crippen LogP) is 2.91. The minimum absolute atomic E-state index is 0.0906. The number of aromatic amines is 1. The van der Waals surface area contributed by atoms with Gasteiger partial charge in [0.1, 0.15) is 17.6 Å². The van der Waals surface area contributed by atoms with E-state index in [9.17, 15) is 13.2 Å². The smallest absolute Gasteiger partial charge is 0.410 e. The first-order chi connectivity index (χ1) is 17.5. The third-order valence-electron chi connectivity index (χ3n) is 6.57. The average Bonchev–Trinajstić information content (AvgIpc) is 3.41. The van der Waals surface area contributed by atoms with Crippen molar-refractivity contribution in [2.45, 2.75) is 24.7 Å². The molecule has 2 aromatic heterocycles. The molecule has 1 N–H and O–H groups in total. The molecule has 5 rings (SSSR count). The zero-order valence-electron chi connectivity index (χ0n) is 19.8. The summed E-state index contributed by atoms with van der Waals surface area (Å²) in [6.07, 6.45) is 4.52. The Morgan fingerprint density at radius 1 is 1.08 bits per heavy atom. The fourth-order valence-electron chi connectivity index (χ4n) is 4.43. The number of ether oxygens (including phenoxy) is 2. The normalized spacial score (nSPS) is 19.0. The van der Waals surface area contributed by atoms with Crippen LogP contribution in [0.2, 0.25) is 0 Å². The summed E-state index contributed by atoms with van der Waals surface area (Å²) in [5.41, 5.74) is 2.49. The maximum atomic E-state index is 13.2. The molecule has 0 radical (unpaired) electrons. The summed E-state index contributed by atoms with van der Waals surface area (Å²) in [5.74, 6) is 0.731. The van der Waals surface area contributed by atoms with Crippen LogP contribution in [0.5, 0.6) is 5.75 Å². The molecule has 1 aromatic carbocycles. The van der Waals surface area contributed by atoms with Gasteiger partial charge in [-0.15, -0.1) is 0 Å². The molecule has 2 saturated heterocycles. The number of piperidine rings is 1. The molecule has 190 valence electrons. The van der Waals surface area contributed by atoms with Crippen molar-refractivity contribution in [1.82, 2.24) is 24.4 Å². The number of carbonyl (C=O) groups excluding carboxylic acids is 1. The van der Waals surface area contributed by atoms with Crippen molar-refractivity contribution in [3.63, 3.8) is 0 Å². The molecule has 0 unspecified atom stereocenters. The number of hydrogen-bond acceptors (Lipinski definition) is 7. The fourth-order valence-corrected chi connectivity index (χ4v) is 6.39. The molecule has 1 amide bonds. The van der Waals surface area contributed by atoms with Gasteiger partial charge in [-0.25, -0.2) is 17.5 Å². The Bertz CT molecular complexity index is 1250. The molecule has 2 aliphatic heterocycles. The number of aromatic nitrogens is 3. The number of H-pyrrole nitrogens is 1. The van der Waals surface area contributed by atoms with Gasteiger partial charge >= 0.3 is 6.09 Å². The van der Waals surface area contributed by atoms with Crippen LogP contribution >= 0.6 is 0 Å². The molecule has 4 heterocycles. The van der Waals surface area contributed by atoms with Gasteiger partial charge < -0.3 is 14.4 Å². The van der Waals surface area contributed by atoms with E-state index in [0.717, 1.165) is 29.8 Å². The number of nitrogens with one attached hydrogen (secondary N) is 1. The van der Waals surface area contributed by atoms with Crippen molar-refractivity contribution >= 4 is 16.1 Å². The molecule has 36 heavy (non-hydrogen) atoms. The zero-order valence-corrected chi connectivity index (χ0v) is 20.6. The van der Waals surface area contributed by atoms with Crippen LogP contribution in [-0.4, -0.2) is 76.9 Å². The number of rotatable bonds is 8. The maximum absolute atomic E-state index is 13.2. The van der Waals surface area contributed by atoms with E-state index < -0.39 is 21.4 Å². The molecule has 3 aromatic rings. The van der Waals surface area contributed by atoms with Crippen LogP contribution in [0, 0.1) is 5.92 Å². The largest absolute Gasteiger partial charge is 0.492 e. The van der Waals surface area contributed by atoms with Gasteiger partial charge in [-0.2, -0.15) is 5.10 Å². The number of likely N-dealkylation sites (tertiary alicyclic amines) is 1. The summed E-state index contributed by atoms with van der Waals surface area (Å²) in [6, 6.07) is 14.9. The first kappa shape index (κ1) is 24.3. The minimum Gasteiger partial charge on any atom is -0.492 e. The van der Waals surface area contributed by atoms with Crippen molar-refractivity contribution < 1.29 is 22.7 Å². The molecule has 1 atom stereocenters. The summed E-state index contributed by atoms with van der Waals surface area (Å²) >= 11 is 0. The maximum Gasteiger partial charge on any atom is 0.410 e. The van der Waals surface area contributed by atoms with E-state index in [1.165, 1.54) is 4.90 Å². The van der Waals surface area contributed by atoms with Crippen molar-refractivity contribution in [2.24, 2.45) is 5.92 Å². The number of sulfonamides is 1. The number of nitrogens with zero attached hydrogens (tertiary/aromatic N) is 4. The van der Waals surface area contributed by atoms with Gasteiger partial charge in [0.25, 0.3) is 0 Å². The summed E-state index contributed by atoms with van der Waals surface area (Å²) in [5, 5.41) is 6.20. The molecule has 10 nitrogen and oxygen atoms in total. The van der Waals surface area contributed by atoms with E-state index in [-0.39, 0.29) is 25.6 Å². The van der Waals surface area contributed by atoms with Crippen LogP contribution < -0.4 is 4.74 Å². The Morgan fingerprint density at radius 3 is 2.64 bits per heavy atom. The van der Waals surface area contributed by atoms with Gasteiger partial charge in [-0.3, -0.25) is 10.1 Å². The lowest BCUT2D eigenvalue weighted by Gasteiger charge is -2.41. The van der Waals surface area contributed by atoms with E-state index in [4.69, 9.17) is 9.47 Å². The SMILES string of the molecule is O=C(OCc1ccccc1)N1CC(S(=O)(=O)N2CCC[C@@H](COc3ccc(-c4ccn[nH]4)nc3)C2)C1. The lowest BCUT2D eigenvalue weighted by atomic mass is 10.0. The average molecular weight is 512 g/mol. The second-order valence-electron chi connectivity index (χ2n) is 9.14. The first-order valence-corrected chi connectivity index (χ1v) is 13.5.